The number of ether oxygens (including phenoxy) is 1. The van der Waals surface area contributed by atoms with Crippen molar-refractivity contribution in [3.63, 3.8) is 0 Å². The van der Waals surface area contributed by atoms with Crippen molar-refractivity contribution in [3.8, 4) is 0 Å². The zero-order chi connectivity index (χ0) is 10.8. The standard InChI is InChI=1S/C12H13NO2/c1-3-15-12(14)9-5-4-6-10-11(9)8(2)7-13-10/h4-7,13H,3H2,1-2H3. The summed E-state index contributed by atoms with van der Waals surface area (Å²) in [4.78, 5) is 14.8. The van der Waals surface area contributed by atoms with Crippen LogP contribution in [0.4, 0.5) is 0 Å². The Morgan fingerprint density at radius 2 is 2.27 bits per heavy atom. The Labute approximate surface area is 88.1 Å². The number of esters is 1. The molecule has 78 valence electrons. The molecule has 15 heavy (non-hydrogen) atoms. The topological polar surface area (TPSA) is 42.1 Å². The first-order valence-corrected chi connectivity index (χ1v) is 4.98. The number of nitrogens with one attached hydrogen (secondary N) is 1. The van der Waals surface area contributed by atoms with Crippen LogP contribution in [0.1, 0.15) is 22.8 Å². The summed E-state index contributed by atoms with van der Waals surface area (Å²) in [7, 11) is 0. The second-order valence-electron chi connectivity index (χ2n) is 3.42. The van der Waals surface area contributed by atoms with Gasteiger partial charge in [-0.2, -0.15) is 0 Å². The van der Waals surface area contributed by atoms with Gasteiger partial charge in [0.25, 0.3) is 0 Å². The van der Waals surface area contributed by atoms with E-state index in [0.29, 0.717) is 12.2 Å². The monoisotopic (exact) mass is 203 g/mol. The number of carbonyl (C=O) groups is 1. The van der Waals surface area contributed by atoms with Gasteiger partial charge < -0.3 is 9.72 Å². The summed E-state index contributed by atoms with van der Waals surface area (Å²) in [6.45, 7) is 4.18. The van der Waals surface area contributed by atoms with E-state index in [1.54, 1.807) is 6.07 Å². The number of rotatable bonds is 2. The molecule has 0 aliphatic rings. The molecule has 1 aromatic carbocycles. The average Bonchev–Trinajstić information content (AvgIpc) is 2.61. The molecule has 0 atom stereocenters. The molecule has 3 nitrogen and oxygen atoms in total. The van der Waals surface area contributed by atoms with Gasteiger partial charge in [0, 0.05) is 17.1 Å². The summed E-state index contributed by atoms with van der Waals surface area (Å²) in [5.74, 6) is -0.259. The van der Waals surface area contributed by atoms with Gasteiger partial charge in [0.1, 0.15) is 0 Å². The molecule has 2 rings (SSSR count). The highest BCUT2D eigenvalue weighted by molar-refractivity contribution is 6.05. The van der Waals surface area contributed by atoms with Gasteiger partial charge in [-0.3, -0.25) is 0 Å². The van der Waals surface area contributed by atoms with E-state index < -0.39 is 0 Å². The summed E-state index contributed by atoms with van der Waals surface area (Å²) in [5.41, 5.74) is 2.67. The second-order valence-corrected chi connectivity index (χ2v) is 3.42. The molecule has 1 N–H and O–H groups in total. The molecule has 0 unspecified atom stereocenters. The molecule has 3 heteroatoms. The lowest BCUT2D eigenvalue weighted by atomic mass is 10.1. The van der Waals surface area contributed by atoms with Gasteiger partial charge in [-0.25, -0.2) is 4.79 Å². The SMILES string of the molecule is CCOC(=O)c1cccc2[nH]cc(C)c12. The van der Waals surface area contributed by atoms with Crippen LogP contribution in [0.5, 0.6) is 0 Å². The molecular formula is C12H13NO2. The van der Waals surface area contributed by atoms with Crippen molar-refractivity contribution in [1.82, 2.24) is 4.98 Å². The van der Waals surface area contributed by atoms with E-state index >= 15 is 0 Å². The highest BCUT2D eigenvalue weighted by atomic mass is 16.5. The van der Waals surface area contributed by atoms with Crippen molar-refractivity contribution in [1.29, 1.82) is 0 Å². The predicted octanol–water partition coefficient (Wildman–Crippen LogP) is 2.65. The molecule has 0 radical (unpaired) electrons. The van der Waals surface area contributed by atoms with Crippen LogP contribution in [0.15, 0.2) is 24.4 Å². The molecule has 0 aliphatic heterocycles. The largest absolute Gasteiger partial charge is 0.462 e. The van der Waals surface area contributed by atoms with E-state index in [2.05, 4.69) is 4.98 Å². The van der Waals surface area contributed by atoms with Gasteiger partial charge in [0.05, 0.1) is 12.2 Å². The highest BCUT2D eigenvalue weighted by Gasteiger charge is 2.12. The Balaban J connectivity index is 2.59. The molecule has 0 saturated heterocycles. The lowest BCUT2D eigenvalue weighted by Gasteiger charge is -2.03. The van der Waals surface area contributed by atoms with Gasteiger partial charge >= 0.3 is 5.97 Å². The van der Waals surface area contributed by atoms with Crippen LogP contribution >= 0.6 is 0 Å². The van der Waals surface area contributed by atoms with Crippen LogP contribution in [-0.2, 0) is 4.74 Å². The summed E-state index contributed by atoms with van der Waals surface area (Å²) in [6.07, 6.45) is 1.90. The molecule has 0 saturated carbocycles. The maximum absolute atomic E-state index is 11.7. The van der Waals surface area contributed by atoms with Crippen molar-refractivity contribution in [3.05, 3.63) is 35.5 Å². The first-order valence-electron chi connectivity index (χ1n) is 4.98. The van der Waals surface area contributed by atoms with Crippen LogP contribution in [0.3, 0.4) is 0 Å². The maximum atomic E-state index is 11.7. The minimum atomic E-state index is -0.259. The summed E-state index contributed by atoms with van der Waals surface area (Å²) in [5, 5.41) is 0.955. The molecule has 0 aliphatic carbocycles. The van der Waals surface area contributed by atoms with Crippen molar-refractivity contribution < 1.29 is 9.53 Å². The lowest BCUT2D eigenvalue weighted by Crippen LogP contribution is -2.05. The summed E-state index contributed by atoms with van der Waals surface area (Å²) < 4.78 is 5.01. The number of benzene rings is 1. The summed E-state index contributed by atoms with van der Waals surface area (Å²) in [6, 6.07) is 5.59. The van der Waals surface area contributed by atoms with Crippen molar-refractivity contribution in [2.75, 3.05) is 6.61 Å². The van der Waals surface area contributed by atoms with Crippen molar-refractivity contribution >= 4 is 16.9 Å². The number of hydrogen-bond acceptors (Lipinski definition) is 2. The number of aryl methyl sites for hydroxylation is 1. The Hall–Kier alpha value is -1.77. The van der Waals surface area contributed by atoms with E-state index in [1.165, 1.54) is 0 Å². The third kappa shape index (κ3) is 1.61. The summed E-state index contributed by atoms with van der Waals surface area (Å²) >= 11 is 0. The van der Waals surface area contributed by atoms with Crippen molar-refractivity contribution in [2.24, 2.45) is 0 Å². The fourth-order valence-corrected chi connectivity index (χ4v) is 1.73. The van der Waals surface area contributed by atoms with Crippen LogP contribution in [0, 0.1) is 6.92 Å². The first-order chi connectivity index (χ1) is 7.24. The Morgan fingerprint density at radius 3 is 3.00 bits per heavy atom. The minimum absolute atomic E-state index is 0.259. The molecule has 0 spiro atoms. The molecule has 0 fully saturated rings. The highest BCUT2D eigenvalue weighted by Crippen LogP contribution is 2.22. The fourth-order valence-electron chi connectivity index (χ4n) is 1.73. The molecular weight excluding hydrogens is 190 g/mol. The predicted molar refractivity (Wildman–Crippen MR) is 59.0 cm³/mol. The smallest absolute Gasteiger partial charge is 0.338 e. The average molecular weight is 203 g/mol. The van der Waals surface area contributed by atoms with Crippen LogP contribution in [0.2, 0.25) is 0 Å². The number of hydrogen-bond donors (Lipinski definition) is 1. The Morgan fingerprint density at radius 1 is 1.47 bits per heavy atom. The fraction of sp³-hybridized carbons (Fsp3) is 0.250. The van der Waals surface area contributed by atoms with E-state index in [4.69, 9.17) is 4.74 Å². The Bertz CT molecular complexity index is 499. The molecule has 1 heterocycles. The normalized spacial score (nSPS) is 10.5. The van der Waals surface area contributed by atoms with E-state index in [9.17, 15) is 4.79 Å². The van der Waals surface area contributed by atoms with Gasteiger partial charge in [0.15, 0.2) is 0 Å². The van der Waals surface area contributed by atoms with Crippen LogP contribution < -0.4 is 0 Å². The van der Waals surface area contributed by atoms with Crippen LogP contribution in [0.25, 0.3) is 10.9 Å². The van der Waals surface area contributed by atoms with E-state index in [0.717, 1.165) is 16.5 Å². The minimum Gasteiger partial charge on any atom is -0.462 e. The molecule has 1 aromatic heterocycles. The van der Waals surface area contributed by atoms with Gasteiger partial charge in [0.2, 0.25) is 0 Å². The quantitative estimate of drug-likeness (QED) is 0.762. The third-order valence-electron chi connectivity index (χ3n) is 2.40. The zero-order valence-corrected chi connectivity index (χ0v) is 8.83. The number of fused-ring (bicyclic) bond motifs is 1. The number of carbonyl (C=O) groups excluding carboxylic acids is 1. The number of aromatic nitrogens is 1. The Kier molecular flexibility index (Phi) is 2.46. The lowest BCUT2D eigenvalue weighted by molar-refractivity contribution is 0.0528. The maximum Gasteiger partial charge on any atom is 0.338 e. The van der Waals surface area contributed by atoms with Crippen molar-refractivity contribution in [2.45, 2.75) is 13.8 Å². The first kappa shape index (κ1) is 9.77. The second kappa shape index (κ2) is 3.77. The van der Waals surface area contributed by atoms with Gasteiger partial charge in [-0.05, 0) is 31.5 Å². The van der Waals surface area contributed by atoms with E-state index in [-0.39, 0.29) is 5.97 Å². The van der Waals surface area contributed by atoms with Crippen LogP contribution in [-0.4, -0.2) is 17.6 Å². The number of aromatic amines is 1. The zero-order valence-electron chi connectivity index (χ0n) is 8.83. The third-order valence-corrected chi connectivity index (χ3v) is 2.40. The van der Waals surface area contributed by atoms with Gasteiger partial charge in [-0.1, -0.05) is 6.07 Å². The number of H-pyrrole nitrogens is 1. The van der Waals surface area contributed by atoms with E-state index in [1.807, 2.05) is 32.2 Å². The molecule has 0 bridgehead atoms. The molecule has 0 amide bonds. The molecule has 2 aromatic rings. The van der Waals surface area contributed by atoms with Gasteiger partial charge in [-0.15, -0.1) is 0 Å².